The Bertz CT molecular complexity index is 549. The first-order chi connectivity index (χ1) is 9.56. The molecule has 1 atom stereocenters. The summed E-state index contributed by atoms with van der Waals surface area (Å²) in [4.78, 5) is 11.8. The third kappa shape index (κ3) is 3.90. The molecule has 2 aromatic rings. The van der Waals surface area contributed by atoms with Crippen LogP contribution < -0.4 is 5.32 Å². The molecule has 0 saturated heterocycles. The zero-order valence-corrected chi connectivity index (χ0v) is 12.7. The van der Waals surface area contributed by atoms with E-state index in [0.717, 1.165) is 5.56 Å². The summed E-state index contributed by atoms with van der Waals surface area (Å²) >= 11 is 1.58. The third-order valence-electron chi connectivity index (χ3n) is 3.19. The van der Waals surface area contributed by atoms with Gasteiger partial charge in [-0.2, -0.15) is 11.3 Å². The predicted octanol–water partition coefficient (Wildman–Crippen LogP) is 2.89. The molecule has 108 valence electrons. The van der Waals surface area contributed by atoms with Crippen LogP contribution in [-0.2, 0) is 11.2 Å². The lowest BCUT2D eigenvalue weighted by molar-refractivity contribution is -0.122. The summed E-state index contributed by atoms with van der Waals surface area (Å²) in [5.41, 5.74) is 0.923. The maximum Gasteiger partial charge on any atom is 0.248 e. The molecule has 6 heteroatoms. The Morgan fingerprint density at radius 1 is 1.40 bits per heavy atom. The summed E-state index contributed by atoms with van der Waals surface area (Å²) in [6.07, 6.45) is 0.829. The van der Waals surface area contributed by atoms with Crippen LogP contribution in [0, 0.1) is 5.92 Å². The second kappa shape index (κ2) is 6.65. The molecule has 0 bridgehead atoms. The van der Waals surface area contributed by atoms with Gasteiger partial charge < -0.3 is 9.73 Å². The van der Waals surface area contributed by atoms with Crippen LogP contribution in [0.4, 0.5) is 0 Å². The van der Waals surface area contributed by atoms with E-state index in [1.54, 1.807) is 11.3 Å². The summed E-state index contributed by atoms with van der Waals surface area (Å²) in [7, 11) is 0. The van der Waals surface area contributed by atoms with Crippen LogP contribution in [0.25, 0.3) is 11.5 Å². The van der Waals surface area contributed by atoms with E-state index >= 15 is 0 Å². The molecular formula is C14H19N3O2S. The number of nitrogens with one attached hydrogen (secondary N) is 1. The summed E-state index contributed by atoms with van der Waals surface area (Å²) < 4.78 is 5.54. The van der Waals surface area contributed by atoms with Gasteiger partial charge in [0.15, 0.2) is 0 Å². The van der Waals surface area contributed by atoms with Gasteiger partial charge in [0, 0.05) is 29.8 Å². The average Bonchev–Trinajstić information content (AvgIpc) is 3.07. The number of carbonyl (C=O) groups excluding carboxylic acids is 1. The van der Waals surface area contributed by atoms with Gasteiger partial charge in [-0.3, -0.25) is 4.79 Å². The highest BCUT2D eigenvalue weighted by Gasteiger charge is 2.13. The van der Waals surface area contributed by atoms with E-state index in [-0.39, 0.29) is 11.9 Å². The van der Waals surface area contributed by atoms with E-state index in [1.807, 2.05) is 23.8 Å². The number of hydrogen-bond donors (Lipinski definition) is 1. The standard InChI is InChI=1S/C14H19N3O2S/c1-9(2)10(3)15-12(18)4-5-13-16-17-14(19-13)11-6-7-20-8-11/h6-10H,4-5H2,1-3H3,(H,15,18). The first-order valence-electron chi connectivity index (χ1n) is 6.70. The SMILES string of the molecule is CC(C)C(C)NC(=O)CCc1nnc(-c2ccsc2)o1. The first kappa shape index (κ1) is 14.7. The van der Waals surface area contributed by atoms with Crippen LogP contribution in [0.15, 0.2) is 21.2 Å². The van der Waals surface area contributed by atoms with Crippen molar-refractivity contribution in [2.45, 2.75) is 39.7 Å². The van der Waals surface area contributed by atoms with Crippen LogP contribution in [0.5, 0.6) is 0 Å². The Balaban J connectivity index is 1.84. The van der Waals surface area contributed by atoms with Gasteiger partial charge in [0.1, 0.15) is 0 Å². The van der Waals surface area contributed by atoms with E-state index < -0.39 is 0 Å². The Morgan fingerprint density at radius 2 is 2.20 bits per heavy atom. The summed E-state index contributed by atoms with van der Waals surface area (Å²) in [6.45, 7) is 6.16. The Kier molecular flexibility index (Phi) is 4.89. The summed E-state index contributed by atoms with van der Waals surface area (Å²) in [5, 5.41) is 14.8. The second-order valence-electron chi connectivity index (χ2n) is 5.11. The maximum atomic E-state index is 11.8. The topological polar surface area (TPSA) is 68.0 Å². The molecule has 0 radical (unpaired) electrons. The fraction of sp³-hybridized carbons (Fsp3) is 0.500. The monoisotopic (exact) mass is 293 g/mol. The smallest absolute Gasteiger partial charge is 0.248 e. The lowest BCUT2D eigenvalue weighted by Crippen LogP contribution is -2.36. The molecule has 0 aliphatic rings. The minimum Gasteiger partial charge on any atom is -0.421 e. The van der Waals surface area contributed by atoms with Crippen LogP contribution >= 0.6 is 11.3 Å². The molecule has 0 aromatic carbocycles. The molecule has 0 fully saturated rings. The first-order valence-corrected chi connectivity index (χ1v) is 7.65. The molecule has 1 N–H and O–H groups in total. The molecule has 2 heterocycles. The number of thiophene rings is 1. The minimum atomic E-state index is 0.0153. The zero-order valence-electron chi connectivity index (χ0n) is 11.9. The number of aryl methyl sites for hydroxylation is 1. The number of nitrogens with zero attached hydrogens (tertiary/aromatic N) is 2. The molecule has 2 aromatic heterocycles. The van der Waals surface area contributed by atoms with Crippen molar-refractivity contribution in [1.82, 2.24) is 15.5 Å². The molecule has 0 saturated carbocycles. The van der Waals surface area contributed by atoms with Crippen molar-refractivity contribution < 1.29 is 9.21 Å². The van der Waals surface area contributed by atoms with E-state index in [2.05, 4.69) is 29.4 Å². The van der Waals surface area contributed by atoms with Crippen molar-refractivity contribution >= 4 is 17.2 Å². The van der Waals surface area contributed by atoms with Crippen molar-refractivity contribution in [1.29, 1.82) is 0 Å². The Hall–Kier alpha value is -1.69. The van der Waals surface area contributed by atoms with Crippen molar-refractivity contribution in [3.63, 3.8) is 0 Å². The van der Waals surface area contributed by atoms with Crippen molar-refractivity contribution in [2.75, 3.05) is 0 Å². The van der Waals surface area contributed by atoms with Crippen molar-refractivity contribution in [3.05, 3.63) is 22.7 Å². The minimum absolute atomic E-state index is 0.0153. The molecule has 0 aliphatic heterocycles. The number of rotatable bonds is 6. The number of aromatic nitrogens is 2. The lowest BCUT2D eigenvalue weighted by atomic mass is 10.1. The normalized spacial score (nSPS) is 12.6. The van der Waals surface area contributed by atoms with E-state index in [1.165, 1.54) is 0 Å². The van der Waals surface area contributed by atoms with Gasteiger partial charge in [0.05, 0.1) is 0 Å². The van der Waals surface area contributed by atoms with Crippen LogP contribution in [0.3, 0.4) is 0 Å². The van der Waals surface area contributed by atoms with Crippen molar-refractivity contribution in [3.8, 4) is 11.5 Å². The molecule has 0 aliphatic carbocycles. The van der Waals surface area contributed by atoms with Gasteiger partial charge in [-0.05, 0) is 24.3 Å². The molecular weight excluding hydrogens is 274 g/mol. The van der Waals surface area contributed by atoms with E-state index in [9.17, 15) is 4.79 Å². The largest absolute Gasteiger partial charge is 0.421 e. The van der Waals surface area contributed by atoms with Gasteiger partial charge in [-0.1, -0.05) is 13.8 Å². The van der Waals surface area contributed by atoms with E-state index in [4.69, 9.17) is 4.42 Å². The van der Waals surface area contributed by atoms with Crippen molar-refractivity contribution in [2.24, 2.45) is 5.92 Å². The van der Waals surface area contributed by atoms with Gasteiger partial charge in [-0.25, -0.2) is 0 Å². The Morgan fingerprint density at radius 3 is 2.85 bits per heavy atom. The summed E-state index contributed by atoms with van der Waals surface area (Å²) in [6, 6.07) is 2.10. The highest BCUT2D eigenvalue weighted by molar-refractivity contribution is 7.08. The Labute approximate surface area is 122 Å². The van der Waals surface area contributed by atoms with Gasteiger partial charge >= 0.3 is 0 Å². The fourth-order valence-electron chi connectivity index (χ4n) is 1.57. The predicted molar refractivity (Wildman–Crippen MR) is 78.4 cm³/mol. The highest BCUT2D eigenvalue weighted by Crippen LogP contribution is 2.20. The van der Waals surface area contributed by atoms with E-state index in [0.29, 0.717) is 30.5 Å². The van der Waals surface area contributed by atoms with Gasteiger partial charge in [0.25, 0.3) is 0 Å². The summed E-state index contributed by atoms with van der Waals surface area (Å²) in [5.74, 6) is 1.45. The van der Waals surface area contributed by atoms with Crippen LogP contribution in [0.2, 0.25) is 0 Å². The number of carbonyl (C=O) groups is 1. The quantitative estimate of drug-likeness (QED) is 0.889. The van der Waals surface area contributed by atoms with Gasteiger partial charge in [0.2, 0.25) is 17.7 Å². The average molecular weight is 293 g/mol. The van der Waals surface area contributed by atoms with Crippen LogP contribution in [-0.4, -0.2) is 22.1 Å². The number of amides is 1. The zero-order chi connectivity index (χ0) is 14.5. The molecule has 1 unspecified atom stereocenters. The molecule has 5 nitrogen and oxygen atoms in total. The third-order valence-corrected chi connectivity index (χ3v) is 3.87. The molecule has 1 amide bonds. The number of hydrogen-bond acceptors (Lipinski definition) is 5. The fourth-order valence-corrected chi connectivity index (χ4v) is 2.20. The van der Waals surface area contributed by atoms with Crippen LogP contribution in [0.1, 0.15) is 33.1 Å². The second-order valence-corrected chi connectivity index (χ2v) is 5.89. The molecule has 0 spiro atoms. The van der Waals surface area contributed by atoms with Gasteiger partial charge in [-0.15, -0.1) is 10.2 Å². The lowest BCUT2D eigenvalue weighted by Gasteiger charge is -2.16. The highest BCUT2D eigenvalue weighted by atomic mass is 32.1. The molecule has 2 rings (SSSR count). The molecule has 20 heavy (non-hydrogen) atoms. The maximum absolute atomic E-state index is 11.8.